The van der Waals surface area contributed by atoms with E-state index >= 15 is 0 Å². The van der Waals surface area contributed by atoms with E-state index in [0.29, 0.717) is 28.3 Å². The van der Waals surface area contributed by atoms with Crippen LogP contribution in [0.15, 0.2) is 66.7 Å². The number of carbonyl (C=O) groups excluding carboxylic acids is 2. The van der Waals surface area contributed by atoms with Crippen molar-refractivity contribution in [2.24, 2.45) is 0 Å². The zero-order valence-corrected chi connectivity index (χ0v) is 23.2. The number of hydrogen-bond donors (Lipinski definition) is 1. The fourth-order valence-corrected chi connectivity index (χ4v) is 5.47. The molecule has 1 heterocycles. The number of aromatic nitrogens is 3. The fraction of sp³-hybridized carbons (Fsp3) is 0.355. The van der Waals surface area contributed by atoms with Gasteiger partial charge in [0.1, 0.15) is 29.6 Å². The number of aryl methyl sites for hydroxylation is 1. The predicted octanol–water partition coefficient (Wildman–Crippen LogP) is 4.98. The molecule has 0 spiro atoms. The number of ether oxygens (including phenoxy) is 2. The summed E-state index contributed by atoms with van der Waals surface area (Å²) in [7, 11) is 3.13. The smallest absolute Gasteiger partial charge is 0.249 e. The van der Waals surface area contributed by atoms with Crippen molar-refractivity contribution in [3.63, 3.8) is 0 Å². The van der Waals surface area contributed by atoms with Crippen molar-refractivity contribution in [2.75, 3.05) is 19.1 Å². The molecule has 1 N–H and O–H groups in total. The Morgan fingerprint density at radius 3 is 2.50 bits per heavy atom. The van der Waals surface area contributed by atoms with Crippen molar-refractivity contribution >= 4 is 28.5 Å². The van der Waals surface area contributed by atoms with Gasteiger partial charge in [-0.25, -0.2) is 4.68 Å². The standard InChI is InChI=1S/C31H35N5O4/c1-21-11-7-9-15-26(21)36(29(37)20-35-27-16-10-8-14-25(27)33-34-35)30(31(38)32-22-12-5-4-6-13-22)24-19-23(39-2)17-18-28(24)40-3/h7-11,14-19,22,30H,4-6,12-13,20H2,1-3H3,(H,32,38). The van der Waals surface area contributed by atoms with Gasteiger partial charge in [-0.1, -0.05) is 54.8 Å². The number of nitrogens with one attached hydrogen (secondary N) is 1. The van der Waals surface area contributed by atoms with Gasteiger partial charge in [0.25, 0.3) is 0 Å². The summed E-state index contributed by atoms with van der Waals surface area (Å²) in [6, 6.07) is 19.4. The number of para-hydroxylation sites is 2. The second-order valence-electron chi connectivity index (χ2n) is 10.1. The normalized spacial score (nSPS) is 14.5. The Kier molecular flexibility index (Phi) is 8.28. The lowest BCUT2D eigenvalue weighted by atomic mass is 9.94. The first-order chi connectivity index (χ1) is 19.5. The number of amides is 2. The first-order valence-corrected chi connectivity index (χ1v) is 13.7. The zero-order chi connectivity index (χ0) is 28.1. The molecule has 4 aromatic rings. The number of fused-ring (bicyclic) bond motifs is 1. The Morgan fingerprint density at radius 1 is 1.00 bits per heavy atom. The molecule has 1 saturated carbocycles. The highest BCUT2D eigenvalue weighted by atomic mass is 16.5. The lowest BCUT2D eigenvalue weighted by Crippen LogP contribution is -2.48. The summed E-state index contributed by atoms with van der Waals surface area (Å²) in [4.78, 5) is 30.2. The maximum atomic E-state index is 14.4. The van der Waals surface area contributed by atoms with Crippen LogP contribution in [0.1, 0.15) is 49.3 Å². The van der Waals surface area contributed by atoms with Gasteiger partial charge >= 0.3 is 0 Å². The van der Waals surface area contributed by atoms with Gasteiger partial charge in [-0.3, -0.25) is 14.5 Å². The first kappa shape index (κ1) is 27.2. The highest BCUT2D eigenvalue weighted by Crippen LogP contribution is 2.37. The van der Waals surface area contributed by atoms with Crippen LogP contribution in [-0.4, -0.2) is 47.1 Å². The Balaban J connectivity index is 1.64. The molecule has 0 bridgehead atoms. The Morgan fingerprint density at radius 2 is 1.75 bits per heavy atom. The molecule has 5 rings (SSSR count). The Hall–Kier alpha value is -4.40. The van der Waals surface area contributed by atoms with E-state index in [4.69, 9.17) is 9.47 Å². The molecule has 2 amide bonds. The van der Waals surface area contributed by atoms with Crippen LogP contribution in [0.2, 0.25) is 0 Å². The second-order valence-corrected chi connectivity index (χ2v) is 10.1. The third kappa shape index (κ3) is 5.64. The number of carbonyl (C=O) groups is 2. The van der Waals surface area contributed by atoms with Crippen LogP contribution >= 0.6 is 0 Å². The SMILES string of the molecule is COc1ccc(OC)c(C(C(=O)NC2CCCCC2)N(C(=O)Cn2nnc3ccccc32)c2ccccc2C)c1. The number of methoxy groups -OCH3 is 2. The maximum absolute atomic E-state index is 14.4. The molecule has 1 aromatic heterocycles. The minimum atomic E-state index is -1.02. The molecule has 0 radical (unpaired) electrons. The van der Waals surface area contributed by atoms with Gasteiger partial charge in [0.05, 0.1) is 19.7 Å². The van der Waals surface area contributed by atoms with E-state index in [1.165, 1.54) is 6.42 Å². The lowest BCUT2D eigenvalue weighted by molar-refractivity contribution is -0.127. The summed E-state index contributed by atoms with van der Waals surface area (Å²) in [5, 5.41) is 11.7. The summed E-state index contributed by atoms with van der Waals surface area (Å²) in [5.74, 6) is 0.477. The van der Waals surface area contributed by atoms with Crippen molar-refractivity contribution in [1.82, 2.24) is 20.3 Å². The van der Waals surface area contributed by atoms with E-state index in [-0.39, 0.29) is 24.4 Å². The number of rotatable bonds is 9. The van der Waals surface area contributed by atoms with Gasteiger partial charge in [-0.2, -0.15) is 0 Å². The summed E-state index contributed by atoms with van der Waals surface area (Å²) >= 11 is 0. The third-order valence-electron chi connectivity index (χ3n) is 7.54. The molecular formula is C31H35N5O4. The molecule has 3 aromatic carbocycles. The van der Waals surface area contributed by atoms with E-state index in [9.17, 15) is 9.59 Å². The number of benzene rings is 3. The predicted molar refractivity (Wildman–Crippen MR) is 153 cm³/mol. The van der Waals surface area contributed by atoms with Gasteiger partial charge < -0.3 is 14.8 Å². The third-order valence-corrected chi connectivity index (χ3v) is 7.54. The molecule has 1 aliphatic carbocycles. The van der Waals surface area contributed by atoms with Crippen LogP contribution in [0.4, 0.5) is 5.69 Å². The first-order valence-electron chi connectivity index (χ1n) is 13.7. The van der Waals surface area contributed by atoms with Crippen molar-refractivity contribution in [1.29, 1.82) is 0 Å². The number of anilines is 1. The van der Waals surface area contributed by atoms with Crippen LogP contribution in [-0.2, 0) is 16.1 Å². The van der Waals surface area contributed by atoms with Crippen LogP contribution in [0.25, 0.3) is 11.0 Å². The molecule has 1 fully saturated rings. The molecule has 40 heavy (non-hydrogen) atoms. The summed E-state index contributed by atoms with van der Waals surface area (Å²) in [6.45, 7) is 1.83. The molecule has 1 atom stereocenters. The zero-order valence-electron chi connectivity index (χ0n) is 23.2. The van der Waals surface area contributed by atoms with Crippen LogP contribution < -0.4 is 19.7 Å². The summed E-state index contributed by atoms with van der Waals surface area (Å²) in [5.41, 5.74) is 3.46. The second kappa shape index (κ2) is 12.2. The molecule has 1 aliphatic rings. The van der Waals surface area contributed by atoms with Gasteiger partial charge in [0.15, 0.2) is 0 Å². The Bertz CT molecular complexity index is 1490. The molecule has 0 saturated heterocycles. The monoisotopic (exact) mass is 541 g/mol. The van der Waals surface area contributed by atoms with Crippen LogP contribution in [0, 0.1) is 6.92 Å². The lowest BCUT2D eigenvalue weighted by Gasteiger charge is -2.35. The number of hydrogen-bond acceptors (Lipinski definition) is 6. The molecule has 208 valence electrons. The quantitative estimate of drug-likeness (QED) is 0.321. The highest BCUT2D eigenvalue weighted by molar-refractivity contribution is 6.02. The van der Waals surface area contributed by atoms with E-state index in [1.807, 2.05) is 55.5 Å². The van der Waals surface area contributed by atoms with Crippen molar-refractivity contribution in [2.45, 2.75) is 57.7 Å². The van der Waals surface area contributed by atoms with Gasteiger partial charge in [-0.15, -0.1) is 5.10 Å². The molecule has 9 nitrogen and oxygen atoms in total. The van der Waals surface area contributed by atoms with Crippen molar-refractivity contribution in [3.8, 4) is 11.5 Å². The highest BCUT2D eigenvalue weighted by Gasteiger charge is 2.37. The maximum Gasteiger partial charge on any atom is 0.249 e. The molecule has 9 heteroatoms. The average molecular weight is 542 g/mol. The van der Waals surface area contributed by atoms with E-state index < -0.39 is 6.04 Å². The number of nitrogens with zero attached hydrogens (tertiary/aromatic N) is 4. The van der Waals surface area contributed by atoms with E-state index in [2.05, 4.69) is 15.6 Å². The van der Waals surface area contributed by atoms with E-state index in [1.54, 1.807) is 42.0 Å². The van der Waals surface area contributed by atoms with Gasteiger partial charge in [0.2, 0.25) is 11.8 Å². The van der Waals surface area contributed by atoms with Gasteiger partial charge in [-0.05, 0) is 61.7 Å². The van der Waals surface area contributed by atoms with Crippen molar-refractivity contribution in [3.05, 3.63) is 77.9 Å². The van der Waals surface area contributed by atoms with E-state index in [0.717, 1.165) is 36.8 Å². The minimum absolute atomic E-state index is 0.0495. The van der Waals surface area contributed by atoms with Crippen LogP contribution in [0.3, 0.4) is 0 Å². The van der Waals surface area contributed by atoms with Gasteiger partial charge in [0, 0.05) is 17.3 Å². The fourth-order valence-electron chi connectivity index (χ4n) is 5.47. The topological polar surface area (TPSA) is 98.6 Å². The largest absolute Gasteiger partial charge is 0.497 e. The average Bonchev–Trinajstić information content (AvgIpc) is 3.39. The Labute approximate surface area is 234 Å². The minimum Gasteiger partial charge on any atom is -0.497 e. The van der Waals surface area contributed by atoms with Crippen LogP contribution in [0.5, 0.6) is 11.5 Å². The molecule has 1 unspecified atom stereocenters. The summed E-state index contributed by atoms with van der Waals surface area (Å²) in [6.07, 6.45) is 5.13. The molecule has 0 aliphatic heterocycles. The van der Waals surface area contributed by atoms with Crippen molar-refractivity contribution < 1.29 is 19.1 Å². The summed E-state index contributed by atoms with van der Waals surface area (Å²) < 4.78 is 12.8. The molecular weight excluding hydrogens is 506 g/mol.